The Balaban J connectivity index is 1.81. The molecule has 1 aliphatic heterocycles. The second-order valence-electron chi connectivity index (χ2n) is 6.62. The van der Waals surface area contributed by atoms with Gasteiger partial charge in [-0.3, -0.25) is 0 Å². The molecule has 20 heavy (non-hydrogen) atoms. The van der Waals surface area contributed by atoms with Crippen LogP contribution in [0.4, 0.5) is 0 Å². The molecule has 0 aromatic rings. The van der Waals surface area contributed by atoms with Crippen molar-refractivity contribution in [2.24, 2.45) is 5.41 Å². The lowest BCUT2D eigenvalue weighted by molar-refractivity contribution is -0.0318. The zero-order valence-electron chi connectivity index (χ0n) is 12.9. The van der Waals surface area contributed by atoms with Crippen LogP contribution >= 0.6 is 0 Å². The number of hydrogen-bond donors (Lipinski definition) is 2. The van der Waals surface area contributed by atoms with E-state index in [1.807, 2.05) is 0 Å². The summed E-state index contributed by atoms with van der Waals surface area (Å²) in [5.74, 6) is 0. The molecule has 2 fully saturated rings. The molecule has 0 bridgehead atoms. The van der Waals surface area contributed by atoms with Gasteiger partial charge in [-0.05, 0) is 32.7 Å². The van der Waals surface area contributed by atoms with E-state index in [9.17, 15) is 5.11 Å². The Bertz CT molecular complexity index is 278. The molecule has 1 saturated heterocycles. The predicted molar refractivity (Wildman–Crippen MR) is 78.9 cm³/mol. The molecule has 0 aromatic carbocycles. The minimum atomic E-state index is -0.414. The Morgan fingerprint density at radius 3 is 2.90 bits per heavy atom. The predicted octanol–water partition coefficient (Wildman–Crippen LogP) is 0.474. The molecule has 118 valence electrons. The molecule has 2 aliphatic rings. The van der Waals surface area contributed by atoms with E-state index in [0.29, 0.717) is 13.2 Å². The zero-order valence-corrected chi connectivity index (χ0v) is 12.9. The van der Waals surface area contributed by atoms with Crippen LogP contribution in [0.3, 0.4) is 0 Å². The molecule has 1 aliphatic carbocycles. The first-order valence-corrected chi connectivity index (χ1v) is 7.80. The van der Waals surface area contributed by atoms with Crippen LogP contribution in [0.25, 0.3) is 0 Å². The lowest BCUT2D eigenvalue weighted by atomic mass is 9.81. The van der Waals surface area contributed by atoms with Gasteiger partial charge in [0.15, 0.2) is 0 Å². The Morgan fingerprint density at radius 2 is 2.30 bits per heavy atom. The molecule has 2 N–H and O–H groups in total. The molecular weight excluding hydrogens is 256 g/mol. The summed E-state index contributed by atoms with van der Waals surface area (Å²) in [5, 5.41) is 13.5. The highest BCUT2D eigenvalue weighted by Gasteiger charge is 2.36. The fourth-order valence-electron chi connectivity index (χ4n) is 3.12. The summed E-state index contributed by atoms with van der Waals surface area (Å²) in [5.41, 5.74) is 0.197. The van der Waals surface area contributed by atoms with E-state index >= 15 is 0 Å². The number of aliphatic hydroxyl groups excluding tert-OH is 1. The van der Waals surface area contributed by atoms with Crippen LogP contribution in [0.1, 0.15) is 25.7 Å². The first kappa shape index (κ1) is 16.2. The number of nitrogens with zero attached hydrogens (tertiary/aromatic N) is 1. The first-order chi connectivity index (χ1) is 9.63. The van der Waals surface area contributed by atoms with Gasteiger partial charge in [0.25, 0.3) is 0 Å². The third kappa shape index (κ3) is 5.30. The van der Waals surface area contributed by atoms with Crippen molar-refractivity contribution in [2.45, 2.75) is 37.8 Å². The number of ether oxygens (including phenoxy) is 2. The average Bonchev–Trinajstić information content (AvgIpc) is 3.21. The van der Waals surface area contributed by atoms with E-state index in [-0.39, 0.29) is 5.41 Å². The third-order valence-corrected chi connectivity index (χ3v) is 4.23. The van der Waals surface area contributed by atoms with Crippen molar-refractivity contribution in [1.29, 1.82) is 0 Å². The molecule has 5 nitrogen and oxygen atoms in total. The van der Waals surface area contributed by atoms with Crippen molar-refractivity contribution in [3.63, 3.8) is 0 Å². The summed E-state index contributed by atoms with van der Waals surface area (Å²) >= 11 is 0. The van der Waals surface area contributed by atoms with Crippen LogP contribution in [0.15, 0.2) is 0 Å². The first-order valence-electron chi connectivity index (χ1n) is 7.80. The molecule has 2 rings (SSSR count). The maximum atomic E-state index is 9.85. The van der Waals surface area contributed by atoms with Crippen LogP contribution in [0.5, 0.6) is 0 Å². The fraction of sp³-hybridized carbons (Fsp3) is 1.00. The van der Waals surface area contributed by atoms with Crippen molar-refractivity contribution in [2.75, 3.05) is 53.6 Å². The van der Waals surface area contributed by atoms with Crippen LogP contribution in [-0.4, -0.2) is 75.8 Å². The monoisotopic (exact) mass is 286 g/mol. The van der Waals surface area contributed by atoms with E-state index in [2.05, 4.69) is 17.3 Å². The number of rotatable bonds is 9. The van der Waals surface area contributed by atoms with Crippen molar-refractivity contribution >= 4 is 0 Å². The summed E-state index contributed by atoms with van der Waals surface area (Å²) < 4.78 is 10.7. The second-order valence-corrected chi connectivity index (χ2v) is 6.62. The maximum Gasteiger partial charge on any atom is 0.0899 e. The smallest absolute Gasteiger partial charge is 0.0899 e. The fourth-order valence-corrected chi connectivity index (χ4v) is 3.12. The highest BCUT2D eigenvalue weighted by molar-refractivity contribution is 4.91. The van der Waals surface area contributed by atoms with Gasteiger partial charge in [0.1, 0.15) is 0 Å². The molecule has 5 heteroatoms. The van der Waals surface area contributed by atoms with Gasteiger partial charge in [0, 0.05) is 44.8 Å². The standard InChI is InChI=1S/C15H30N2O3/c1-17(8-14(18)9-19-2)11-15(6-3-7-20-12-15)10-16-13-4-5-13/h13-14,16,18H,3-12H2,1-2H3. The van der Waals surface area contributed by atoms with Crippen molar-refractivity contribution in [1.82, 2.24) is 10.2 Å². The quantitative estimate of drug-likeness (QED) is 0.645. The molecule has 0 aromatic heterocycles. The normalized spacial score (nSPS) is 28.8. The Hall–Kier alpha value is -0.200. The van der Waals surface area contributed by atoms with Crippen LogP contribution < -0.4 is 5.32 Å². The number of methoxy groups -OCH3 is 1. The van der Waals surface area contributed by atoms with Crippen molar-refractivity contribution < 1.29 is 14.6 Å². The van der Waals surface area contributed by atoms with Crippen LogP contribution in [0.2, 0.25) is 0 Å². The topological polar surface area (TPSA) is 54.0 Å². The number of likely N-dealkylation sites (N-methyl/N-ethyl adjacent to an activating group) is 1. The molecule has 1 heterocycles. The highest BCUT2D eigenvalue weighted by atomic mass is 16.5. The van der Waals surface area contributed by atoms with Crippen LogP contribution in [-0.2, 0) is 9.47 Å². The third-order valence-electron chi connectivity index (χ3n) is 4.23. The lowest BCUT2D eigenvalue weighted by Crippen LogP contribution is -2.50. The van der Waals surface area contributed by atoms with Crippen LogP contribution in [0, 0.1) is 5.41 Å². The molecule has 2 atom stereocenters. The molecule has 0 spiro atoms. The molecule has 2 unspecified atom stereocenters. The summed E-state index contributed by atoms with van der Waals surface area (Å²) in [6.07, 6.45) is 4.57. The summed E-state index contributed by atoms with van der Waals surface area (Å²) in [6.45, 7) is 4.77. The second kappa shape index (κ2) is 7.71. The Labute approximate surface area is 122 Å². The van der Waals surface area contributed by atoms with Gasteiger partial charge in [0.2, 0.25) is 0 Å². The summed E-state index contributed by atoms with van der Waals surface area (Å²) in [6, 6.07) is 0.734. The van der Waals surface area contributed by atoms with Gasteiger partial charge in [-0.25, -0.2) is 0 Å². The summed E-state index contributed by atoms with van der Waals surface area (Å²) in [4.78, 5) is 2.22. The van der Waals surface area contributed by atoms with E-state index in [1.165, 1.54) is 19.3 Å². The number of hydrogen-bond acceptors (Lipinski definition) is 5. The van der Waals surface area contributed by atoms with Gasteiger partial charge >= 0.3 is 0 Å². The van der Waals surface area contributed by atoms with E-state index in [1.54, 1.807) is 7.11 Å². The highest BCUT2D eigenvalue weighted by Crippen LogP contribution is 2.30. The Kier molecular flexibility index (Phi) is 6.23. The van der Waals surface area contributed by atoms with Crippen molar-refractivity contribution in [3.05, 3.63) is 0 Å². The van der Waals surface area contributed by atoms with Crippen molar-refractivity contribution in [3.8, 4) is 0 Å². The minimum absolute atomic E-state index is 0.197. The summed E-state index contributed by atoms with van der Waals surface area (Å²) in [7, 11) is 3.70. The van der Waals surface area contributed by atoms with E-state index in [4.69, 9.17) is 9.47 Å². The van der Waals surface area contributed by atoms with Gasteiger partial charge in [0.05, 0.1) is 19.3 Å². The van der Waals surface area contributed by atoms with Gasteiger partial charge in [-0.2, -0.15) is 0 Å². The lowest BCUT2D eigenvalue weighted by Gasteiger charge is -2.40. The SMILES string of the molecule is COCC(O)CN(C)CC1(CNC2CC2)CCCOC1. The Morgan fingerprint density at radius 1 is 1.50 bits per heavy atom. The van der Waals surface area contributed by atoms with Gasteiger partial charge in [-0.1, -0.05) is 0 Å². The maximum absolute atomic E-state index is 9.85. The van der Waals surface area contributed by atoms with Gasteiger partial charge in [-0.15, -0.1) is 0 Å². The molecule has 1 saturated carbocycles. The van der Waals surface area contributed by atoms with E-state index < -0.39 is 6.10 Å². The number of nitrogens with one attached hydrogen (secondary N) is 1. The molecule has 0 amide bonds. The number of aliphatic hydroxyl groups is 1. The minimum Gasteiger partial charge on any atom is -0.389 e. The zero-order chi connectivity index (χ0) is 14.4. The molecule has 0 radical (unpaired) electrons. The largest absolute Gasteiger partial charge is 0.389 e. The molecular formula is C15H30N2O3. The van der Waals surface area contributed by atoms with Gasteiger partial charge < -0.3 is 24.8 Å². The van der Waals surface area contributed by atoms with E-state index in [0.717, 1.165) is 38.8 Å². The average molecular weight is 286 g/mol.